The molecule has 2 aliphatic heterocycles. The number of aryl methyl sites for hydroxylation is 2. The molecule has 0 unspecified atom stereocenters. The molecular formula is C25H24N8O2. The molecule has 2 aliphatic rings. The van der Waals surface area contributed by atoms with E-state index in [9.17, 15) is 9.59 Å². The van der Waals surface area contributed by atoms with Crippen LogP contribution in [0.4, 0.5) is 11.6 Å². The second-order valence-electron chi connectivity index (χ2n) is 9.21. The second-order valence-corrected chi connectivity index (χ2v) is 9.21. The number of hydrogen-bond acceptors (Lipinski definition) is 7. The van der Waals surface area contributed by atoms with Gasteiger partial charge in [-0.2, -0.15) is 0 Å². The highest BCUT2D eigenvalue weighted by molar-refractivity contribution is 5.99. The molecule has 0 aliphatic carbocycles. The van der Waals surface area contributed by atoms with Gasteiger partial charge in [-0.3, -0.25) is 14.7 Å². The molecule has 176 valence electrons. The first-order valence-corrected chi connectivity index (χ1v) is 11.6. The number of likely N-dealkylation sites (tertiary alicyclic amines) is 1. The summed E-state index contributed by atoms with van der Waals surface area (Å²) >= 11 is 0. The van der Waals surface area contributed by atoms with Crippen LogP contribution in [0.3, 0.4) is 0 Å². The van der Waals surface area contributed by atoms with Crippen molar-refractivity contribution in [3.8, 4) is 0 Å². The summed E-state index contributed by atoms with van der Waals surface area (Å²) in [4.78, 5) is 38.6. The molecule has 4 aromatic rings. The molecule has 35 heavy (non-hydrogen) atoms. The maximum Gasteiger partial charge on any atom is 0.257 e. The number of aromatic nitrogens is 5. The fraction of sp³-hybridized carbons (Fsp3) is 0.280. The van der Waals surface area contributed by atoms with E-state index in [-0.39, 0.29) is 17.9 Å². The van der Waals surface area contributed by atoms with Crippen LogP contribution in [0.5, 0.6) is 0 Å². The van der Waals surface area contributed by atoms with E-state index in [0.717, 1.165) is 28.0 Å². The Labute approximate surface area is 201 Å². The molecule has 2 N–H and O–H groups in total. The average molecular weight is 469 g/mol. The van der Waals surface area contributed by atoms with Crippen molar-refractivity contribution >= 4 is 34.5 Å². The lowest BCUT2D eigenvalue weighted by atomic mass is 9.99. The SMILES string of the molecule is Cc1cc(C)cc(Nc2ncc3c(n2)CCN(C2CN(C(=O)c4ccc5[nH]nnc5c4)C2)C3=O)c1. The van der Waals surface area contributed by atoms with Gasteiger partial charge in [0.25, 0.3) is 11.8 Å². The predicted octanol–water partition coefficient (Wildman–Crippen LogP) is 2.63. The number of nitrogens with one attached hydrogen (secondary N) is 2. The Balaban J connectivity index is 1.12. The zero-order chi connectivity index (χ0) is 24.1. The summed E-state index contributed by atoms with van der Waals surface area (Å²) in [6, 6.07) is 11.5. The van der Waals surface area contributed by atoms with Gasteiger partial charge >= 0.3 is 0 Å². The van der Waals surface area contributed by atoms with E-state index in [4.69, 9.17) is 0 Å². The minimum absolute atomic E-state index is 0.0107. The van der Waals surface area contributed by atoms with E-state index < -0.39 is 0 Å². The van der Waals surface area contributed by atoms with E-state index in [0.29, 0.717) is 48.6 Å². The highest BCUT2D eigenvalue weighted by Crippen LogP contribution is 2.26. The Morgan fingerprint density at radius 3 is 2.71 bits per heavy atom. The molecule has 2 aromatic heterocycles. The first kappa shape index (κ1) is 21.2. The summed E-state index contributed by atoms with van der Waals surface area (Å²) < 4.78 is 0. The summed E-state index contributed by atoms with van der Waals surface area (Å²) in [5.74, 6) is 0.339. The van der Waals surface area contributed by atoms with E-state index >= 15 is 0 Å². The van der Waals surface area contributed by atoms with Crippen LogP contribution in [-0.4, -0.2) is 72.7 Å². The molecule has 1 saturated heterocycles. The van der Waals surface area contributed by atoms with Crippen LogP contribution in [0, 0.1) is 13.8 Å². The van der Waals surface area contributed by atoms with Gasteiger partial charge in [0, 0.05) is 43.5 Å². The van der Waals surface area contributed by atoms with Crippen LogP contribution < -0.4 is 5.32 Å². The predicted molar refractivity (Wildman–Crippen MR) is 130 cm³/mol. The number of aromatic amines is 1. The minimum atomic E-state index is -0.0784. The first-order valence-electron chi connectivity index (χ1n) is 11.6. The lowest BCUT2D eigenvalue weighted by molar-refractivity contribution is 0.0216. The van der Waals surface area contributed by atoms with Crippen molar-refractivity contribution in [2.75, 3.05) is 25.0 Å². The number of rotatable bonds is 4. The Morgan fingerprint density at radius 1 is 1.11 bits per heavy atom. The number of anilines is 2. The Bertz CT molecular complexity index is 1450. The molecule has 10 nitrogen and oxygen atoms in total. The standard InChI is InChI=1S/C25H24N8O2/c1-14-7-15(2)9-17(8-14)27-25-26-11-19-20(28-25)5-6-33(24(19)35)18-12-32(13-18)23(34)16-3-4-21-22(10-16)30-31-29-21/h3-4,7-11,18H,5-6,12-13H2,1-2H3,(H,26,27,28)(H,29,30,31). The fourth-order valence-corrected chi connectivity index (χ4v) is 4.83. The zero-order valence-corrected chi connectivity index (χ0v) is 19.4. The summed E-state index contributed by atoms with van der Waals surface area (Å²) in [7, 11) is 0. The number of amides is 2. The molecule has 10 heteroatoms. The van der Waals surface area contributed by atoms with Crippen LogP contribution in [0.1, 0.15) is 37.5 Å². The molecular weight excluding hydrogens is 444 g/mol. The molecule has 6 rings (SSSR count). The van der Waals surface area contributed by atoms with E-state index in [1.807, 2.05) is 30.9 Å². The minimum Gasteiger partial charge on any atom is -0.334 e. The number of benzene rings is 2. The van der Waals surface area contributed by atoms with Crippen LogP contribution in [-0.2, 0) is 6.42 Å². The summed E-state index contributed by atoms with van der Waals surface area (Å²) in [5.41, 5.74) is 6.53. The third-order valence-electron chi connectivity index (χ3n) is 6.59. The van der Waals surface area contributed by atoms with Crippen LogP contribution in [0.25, 0.3) is 11.0 Å². The van der Waals surface area contributed by atoms with Gasteiger partial charge in [0.15, 0.2) is 0 Å². The topological polar surface area (TPSA) is 120 Å². The lowest BCUT2D eigenvalue weighted by Crippen LogP contribution is -2.63. The van der Waals surface area contributed by atoms with Crippen molar-refractivity contribution in [2.24, 2.45) is 0 Å². The molecule has 0 spiro atoms. The highest BCUT2D eigenvalue weighted by atomic mass is 16.2. The average Bonchev–Trinajstić information content (AvgIpc) is 3.27. The third-order valence-corrected chi connectivity index (χ3v) is 6.59. The fourth-order valence-electron chi connectivity index (χ4n) is 4.83. The Hall–Kier alpha value is -4.34. The molecule has 1 fully saturated rings. The van der Waals surface area contributed by atoms with Gasteiger partial charge in [0.1, 0.15) is 5.52 Å². The van der Waals surface area contributed by atoms with Gasteiger partial charge in [0.2, 0.25) is 5.95 Å². The lowest BCUT2D eigenvalue weighted by Gasteiger charge is -2.46. The van der Waals surface area contributed by atoms with Gasteiger partial charge in [0.05, 0.1) is 22.8 Å². The quantitative estimate of drug-likeness (QED) is 0.472. The molecule has 0 atom stereocenters. The summed E-state index contributed by atoms with van der Waals surface area (Å²) in [5, 5.41) is 13.8. The monoisotopic (exact) mass is 468 g/mol. The largest absolute Gasteiger partial charge is 0.334 e. The molecule has 2 amide bonds. The van der Waals surface area contributed by atoms with Crippen molar-refractivity contribution < 1.29 is 9.59 Å². The summed E-state index contributed by atoms with van der Waals surface area (Å²) in [6.45, 7) is 5.67. The van der Waals surface area contributed by atoms with Crippen LogP contribution >= 0.6 is 0 Å². The van der Waals surface area contributed by atoms with E-state index in [1.54, 1.807) is 29.3 Å². The number of nitrogens with zero attached hydrogens (tertiary/aromatic N) is 6. The third kappa shape index (κ3) is 3.86. The number of hydrogen-bond donors (Lipinski definition) is 2. The number of fused-ring (bicyclic) bond motifs is 2. The number of carbonyl (C=O) groups excluding carboxylic acids is 2. The zero-order valence-electron chi connectivity index (χ0n) is 19.4. The number of carbonyl (C=O) groups is 2. The number of H-pyrrole nitrogens is 1. The van der Waals surface area contributed by atoms with Crippen molar-refractivity contribution in [3.63, 3.8) is 0 Å². The molecule has 0 bridgehead atoms. The second kappa shape index (κ2) is 8.15. The summed E-state index contributed by atoms with van der Waals surface area (Å²) in [6.07, 6.45) is 2.26. The van der Waals surface area contributed by atoms with Gasteiger partial charge in [-0.15, -0.1) is 5.10 Å². The van der Waals surface area contributed by atoms with E-state index in [1.165, 1.54) is 0 Å². The van der Waals surface area contributed by atoms with Crippen molar-refractivity contribution in [1.29, 1.82) is 0 Å². The molecule has 0 saturated carbocycles. The first-order chi connectivity index (χ1) is 16.9. The molecule has 2 aromatic carbocycles. The van der Waals surface area contributed by atoms with Crippen molar-refractivity contribution in [3.05, 3.63) is 70.5 Å². The molecule has 0 radical (unpaired) electrons. The Morgan fingerprint density at radius 2 is 1.91 bits per heavy atom. The van der Waals surface area contributed by atoms with Gasteiger partial charge in [-0.05, 0) is 55.3 Å². The van der Waals surface area contributed by atoms with Crippen LogP contribution in [0.15, 0.2) is 42.6 Å². The molecule has 4 heterocycles. The van der Waals surface area contributed by atoms with Gasteiger partial charge < -0.3 is 15.1 Å². The van der Waals surface area contributed by atoms with E-state index in [2.05, 4.69) is 36.8 Å². The smallest absolute Gasteiger partial charge is 0.257 e. The normalized spacial score (nSPS) is 15.8. The van der Waals surface area contributed by atoms with Crippen molar-refractivity contribution in [1.82, 2.24) is 35.2 Å². The van der Waals surface area contributed by atoms with Gasteiger partial charge in [-0.1, -0.05) is 11.3 Å². The van der Waals surface area contributed by atoms with Gasteiger partial charge in [-0.25, -0.2) is 9.97 Å². The van der Waals surface area contributed by atoms with Crippen molar-refractivity contribution in [2.45, 2.75) is 26.3 Å². The Kier molecular flexibility index (Phi) is 4.94. The highest BCUT2D eigenvalue weighted by Gasteiger charge is 2.40. The maximum atomic E-state index is 13.2. The maximum absolute atomic E-state index is 13.2. The van der Waals surface area contributed by atoms with Crippen LogP contribution in [0.2, 0.25) is 0 Å².